The topological polar surface area (TPSA) is 96.3 Å². The van der Waals surface area contributed by atoms with Gasteiger partial charge in [0.15, 0.2) is 50.9 Å². The van der Waals surface area contributed by atoms with Gasteiger partial charge in [0.1, 0.15) is 0 Å². The summed E-state index contributed by atoms with van der Waals surface area (Å²) in [6.45, 7) is 22.2. The van der Waals surface area contributed by atoms with Gasteiger partial charge in [-0.1, -0.05) is 445 Å². The molecule has 0 saturated carbocycles. The van der Waals surface area contributed by atoms with Crippen LogP contribution in [0.1, 0.15) is 103 Å². The Morgan fingerprint density at radius 1 is 0.244 bits per heavy atom. The lowest BCUT2D eigenvalue weighted by Gasteiger charge is -2.44. The normalized spacial score (nSPS) is 12.8. The second-order valence-electron chi connectivity index (χ2n) is 38.6. The summed E-state index contributed by atoms with van der Waals surface area (Å²) in [5.74, 6) is 4.90. The highest BCUT2D eigenvalue weighted by atomic mass is 28.3. The molecule has 0 amide bonds. The highest BCUT2D eigenvalue weighted by Crippen LogP contribution is 2.54. The van der Waals surface area contributed by atoms with E-state index in [2.05, 4.69) is 509 Å². The molecule has 13 heteroatoms. The molecule has 0 fully saturated rings. The van der Waals surface area contributed by atoms with Gasteiger partial charge < -0.3 is 9.64 Å². The number of hydrogen-bond donors (Lipinski definition) is 0. The highest BCUT2D eigenvalue weighted by molar-refractivity contribution is 7.20. The lowest BCUT2D eigenvalue weighted by atomic mass is 9.33. The van der Waals surface area contributed by atoms with Crippen LogP contribution in [0.15, 0.2) is 425 Å². The minimum absolute atomic E-state index is 0.143. The van der Waals surface area contributed by atoms with E-state index in [-0.39, 0.29) is 22.7 Å². The summed E-state index contributed by atoms with van der Waals surface area (Å²) in [5.41, 5.74) is 21.5. The minimum Gasteiger partial charge on any atom is -0.453 e. The van der Waals surface area contributed by atoms with Gasteiger partial charge in [-0.2, -0.15) is 19.9 Å². The quantitative estimate of drug-likeness (QED) is 0.0575. The van der Waals surface area contributed by atoms with Gasteiger partial charge in [-0.3, -0.25) is 9.80 Å². The van der Waals surface area contributed by atoms with Crippen molar-refractivity contribution >= 4 is 132 Å². The Morgan fingerprint density at radius 3 is 0.881 bits per heavy atom. The lowest BCUT2D eigenvalue weighted by molar-refractivity contribution is 0.477. The number of aromatic nitrogens is 6. The molecule has 0 N–H and O–H groups in total. The number of para-hydroxylation sites is 4. The molecule has 22 rings (SSSR count). The van der Waals surface area contributed by atoms with Gasteiger partial charge >= 0.3 is 0 Å². The van der Waals surface area contributed by atoms with E-state index in [1.807, 2.05) is 0 Å². The van der Waals surface area contributed by atoms with Crippen molar-refractivity contribution in [2.75, 3.05) is 14.7 Å². The van der Waals surface area contributed by atoms with Crippen LogP contribution in [0.2, 0.25) is 0 Å². The Morgan fingerprint density at radius 2 is 0.541 bits per heavy atom. The fraction of sp³-hybridized carbons (Fsp3) is 0.115. The van der Waals surface area contributed by atoms with E-state index < -0.39 is 22.9 Å². The number of hydrogen-bond acceptors (Lipinski definition) is 10. The van der Waals surface area contributed by atoms with Crippen molar-refractivity contribution < 1.29 is 4.74 Å². The second kappa shape index (κ2) is 34.6. The third-order valence-electron chi connectivity index (χ3n) is 27.5. The smallest absolute Gasteiger partial charge is 0.252 e. The molecule has 135 heavy (non-hydrogen) atoms. The van der Waals surface area contributed by atoms with E-state index >= 15 is 0 Å². The molecule has 0 unspecified atom stereocenters. The van der Waals surface area contributed by atoms with E-state index in [0.717, 1.165) is 101 Å². The Labute approximate surface area is 794 Å². The molecule has 3 aliphatic rings. The summed E-state index contributed by atoms with van der Waals surface area (Å²) in [5, 5.41) is 9.92. The minimum atomic E-state index is -3.15. The molecule has 652 valence electrons. The molecule has 10 nitrogen and oxygen atoms in total. The fourth-order valence-corrected chi connectivity index (χ4v) is 30.2. The molecule has 0 bridgehead atoms. The maximum atomic E-state index is 7.01. The number of nitrogens with zero attached hydrogens (tertiary/aromatic N) is 9. The second-order valence-corrected chi connectivity index (χ2v) is 46.2. The molecule has 2 aromatic heterocycles. The van der Waals surface area contributed by atoms with Gasteiger partial charge in [0.2, 0.25) is 11.9 Å². The Hall–Kier alpha value is -15.5. The molecule has 17 aromatic carbocycles. The first-order valence-electron chi connectivity index (χ1n) is 47.0. The molecule has 0 spiro atoms. The van der Waals surface area contributed by atoms with Gasteiger partial charge in [-0.25, -0.2) is 9.97 Å². The first kappa shape index (κ1) is 85.0. The van der Waals surface area contributed by atoms with Crippen LogP contribution < -0.4 is 77.3 Å². The molecule has 0 atom stereocenters. The summed E-state index contributed by atoms with van der Waals surface area (Å²) >= 11 is 0. The number of anilines is 9. The van der Waals surface area contributed by atoms with Crippen LogP contribution in [0.4, 0.5) is 51.7 Å². The van der Waals surface area contributed by atoms with Crippen molar-refractivity contribution in [3.63, 3.8) is 0 Å². The third kappa shape index (κ3) is 15.3. The molecule has 5 heterocycles. The zero-order valence-electron chi connectivity index (χ0n) is 77.6. The summed E-state index contributed by atoms with van der Waals surface area (Å²) in [6.07, 6.45) is 0. The van der Waals surface area contributed by atoms with Crippen LogP contribution in [0.25, 0.3) is 67.8 Å². The van der Waals surface area contributed by atoms with Crippen LogP contribution in [0.5, 0.6) is 11.5 Å². The highest BCUT2D eigenvalue weighted by Gasteiger charge is 2.49. The number of ether oxygens (including phenoxy) is 1. The van der Waals surface area contributed by atoms with Crippen LogP contribution in [0.3, 0.4) is 0 Å². The van der Waals surface area contributed by atoms with Gasteiger partial charge in [0.05, 0.1) is 17.1 Å². The van der Waals surface area contributed by atoms with Crippen molar-refractivity contribution in [2.24, 2.45) is 0 Å². The van der Waals surface area contributed by atoms with Crippen molar-refractivity contribution in [3.05, 3.63) is 447 Å². The summed E-state index contributed by atoms with van der Waals surface area (Å²) in [4.78, 5) is 42.9. The molecule has 0 aliphatic carbocycles. The van der Waals surface area contributed by atoms with Crippen molar-refractivity contribution in [1.29, 1.82) is 0 Å². The fourth-order valence-electron chi connectivity index (χ4n) is 20.6. The third-order valence-corrected chi connectivity index (χ3v) is 37.1. The van der Waals surface area contributed by atoms with Gasteiger partial charge in [0.25, 0.3) is 6.71 Å². The van der Waals surface area contributed by atoms with Crippen LogP contribution in [-0.4, -0.2) is 52.8 Å². The Balaban J connectivity index is 0.866. The van der Waals surface area contributed by atoms with E-state index in [1.165, 1.54) is 63.7 Å². The molecule has 3 aliphatic heterocycles. The molecular weight excluding hydrogens is 1670 g/mol. The van der Waals surface area contributed by atoms with Gasteiger partial charge in [-0.15, -0.1) is 0 Å². The molecular formula is C122H102BN9OSi2. The van der Waals surface area contributed by atoms with E-state index in [9.17, 15) is 0 Å². The predicted molar refractivity (Wildman–Crippen MR) is 567 cm³/mol. The Bertz CT molecular complexity index is 7040. The van der Waals surface area contributed by atoms with Gasteiger partial charge in [-0.05, 0) is 174 Å². The van der Waals surface area contributed by atoms with Crippen LogP contribution >= 0.6 is 0 Å². The first-order chi connectivity index (χ1) is 65.8. The number of rotatable bonds is 19. The zero-order valence-corrected chi connectivity index (χ0v) is 79.6. The van der Waals surface area contributed by atoms with Crippen LogP contribution in [-0.2, 0) is 10.8 Å². The van der Waals surface area contributed by atoms with E-state index in [4.69, 9.17) is 34.6 Å². The molecule has 0 radical (unpaired) electrons. The van der Waals surface area contributed by atoms with E-state index in [1.54, 1.807) is 0 Å². The maximum Gasteiger partial charge on any atom is 0.252 e. The lowest BCUT2D eigenvalue weighted by Crippen LogP contribution is -2.74. The average molecular weight is 1780 g/mol. The zero-order chi connectivity index (χ0) is 91.9. The van der Waals surface area contributed by atoms with Crippen molar-refractivity contribution in [1.82, 2.24) is 29.9 Å². The van der Waals surface area contributed by atoms with Gasteiger partial charge in [0, 0.05) is 45.0 Å². The standard InChI is InChI=1S/C122H102BN9OSi2/c1-81(2)85-37-33-39-87(73-85)89-65-71-106-104(77-89)123-105-78-90(88-40-34-38-86(74-88)82(3)4)66-72-107(105)132(120-127-116(84-63-69-94(70-64-84)122(8,9)10)125-118(129-120)92-42-36-56-103(76-92)135(99-49-23-14-24-50-99,100-51-25-15-26-52-100)101-53-27-16-28-54-101)111-80-95(130-108-57-29-31-59-112(108)133-113-60-32-30-58-109(113)130)79-110(114(111)123)131(106)119-126-115(83-61-67-93(68-62-83)121(5,6)7)124-117(128-119)91-41-35-55-102(75-91)134(96-43-17-11-18-44-96,97-45-19-12-20-46-97)98-47-21-13-22-48-98/h11-82H,1-10H3. The summed E-state index contributed by atoms with van der Waals surface area (Å²) in [6, 6.07) is 157. The number of fused-ring (bicyclic) bond motifs is 6. The Kier molecular flexibility index (Phi) is 21.8. The molecule has 19 aromatic rings. The summed E-state index contributed by atoms with van der Waals surface area (Å²) in [7, 11) is -6.30. The largest absolute Gasteiger partial charge is 0.453 e. The van der Waals surface area contributed by atoms with Crippen molar-refractivity contribution in [3.8, 4) is 79.3 Å². The average Bonchev–Trinajstić information content (AvgIpc) is 0.700. The SMILES string of the molecule is CC(C)c1cccc(-c2ccc3c(c2)B2c4cc(-c5cccc(C(C)C)c5)ccc4N(c4nc(-c5ccc(C(C)(C)C)cc5)nc(-c5cccc([Si](c6ccccc6)(c6ccccc6)c6ccccc6)c5)n4)c4cc(N5c6ccccc6Oc6ccccc65)cc(c42)N3c2nc(-c3ccc(C(C)(C)C)cc3)nc(-c3cccc([Si](c4ccccc4)(c4ccccc4)c4ccccc4)c3)n2)c1. The van der Waals surface area contributed by atoms with E-state index in [0.29, 0.717) is 46.7 Å². The van der Waals surface area contributed by atoms with Crippen LogP contribution in [0, 0.1) is 0 Å². The summed E-state index contributed by atoms with van der Waals surface area (Å²) < 4.78 is 7.01. The monoisotopic (exact) mass is 1780 g/mol. The number of benzene rings is 17. The maximum absolute atomic E-state index is 7.01. The first-order valence-corrected chi connectivity index (χ1v) is 51.0. The van der Waals surface area contributed by atoms with Crippen molar-refractivity contribution in [2.45, 2.75) is 91.9 Å². The predicted octanol–water partition coefficient (Wildman–Crippen LogP) is 23.3. The molecule has 0 saturated heterocycles.